The Morgan fingerprint density at radius 1 is 0.955 bits per heavy atom. The lowest BCUT2D eigenvalue weighted by atomic mass is 10.3. The molecule has 8 heteroatoms. The maximum Gasteiger partial charge on any atom is 0.149 e. The molecule has 0 unspecified atom stereocenters. The second-order valence-electron chi connectivity index (χ2n) is 3.76. The maximum absolute atomic E-state index is 8.54. The lowest BCUT2D eigenvalue weighted by Crippen LogP contribution is -1.99. The average Bonchev–Trinajstić information content (AvgIpc) is 2.48. The number of nitriles is 2. The lowest BCUT2D eigenvalue weighted by Gasteiger charge is -2.01. The molecule has 2 heterocycles. The third-order valence-corrected chi connectivity index (χ3v) is 3.05. The van der Waals surface area contributed by atoms with Crippen LogP contribution in [0.3, 0.4) is 0 Å². The second-order valence-corrected chi connectivity index (χ2v) is 4.86. The molecule has 0 bridgehead atoms. The minimum atomic E-state index is 0.148. The predicted octanol–water partition coefficient (Wildman–Crippen LogP) is 4.30. The molecule has 0 saturated carbocycles. The molecule has 5 nitrogen and oxygen atoms in total. The van der Waals surface area contributed by atoms with Crippen LogP contribution in [0.25, 0.3) is 0 Å². The summed E-state index contributed by atoms with van der Waals surface area (Å²) in [6.45, 7) is 2.75. The molecular formula is C14H10Cl3N5. The van der Waals surface area contributed by atoms with Gasteiger partial charge in [0.2, 0.25) is 0 Å². The van der Waals surface area contributed by atoms with Crippen LogP contribution >= 0.6 is 34.8 Å². The number of hydrogen-bond acceptors (Lipinski definition) is 5. The van der Waals surface area contributed by atoms with Crippen molar-refractivity contribution in [1.29, 1.82) is 10.5 Å². The van der Waals surface area contributed by atoms with Crippen LogP contribution in [-0.2, 0) is 0 Å². The van der Waals surface area contributed by atoms with E-state index in [2.05, 4.69) is 15.3 Å². The highest BCUT2D eigenvalue weighted by Gasteiger charge is 2.01. The first kappa shape index (κ1) is 18.0. The molecule has 0 saturated heterocycles. The lowest BCUT2D eigenvalue weighted by molar-refractivity contribution is 1.16. The SMILES string of the molecule is CCNc1ccc(C#N)c(Cl)n1.N#Cc1ccc(Cl)nc1Cl. The fourth-order valence-corrected chi connectivity index (χ4v) is 1.88. The molecule has 0 radical (unpaired) electrons. The number of aromatic nitrogens is 2. The highest BCUT2D eigenvalue weighted by Crippen LogP contribution is 2.15. The zero-order chi connectivity index (χ0) is 16.5. The van der Waals surface area contributed by atoms with Crippen molar-refractivity contribution in [3.63, 3.8) is 0 Å². The van der Waals surface area contributed by atoms with Crippen LogP contribution in [0.1, 0.15) is 18.1 Å². The van der Waals surface area contributed by atoms with Gasteiger partial charge in [-0.25, -0.2) is 9.97 Å². The van der Waals surface area contributed by atoms with Gasteiger partial charge in [0.25, 0.3) is 0 Å². The molecule has 22 heavy (non-hydrogen) atoms. The Kier molecular flexibility index (Phi) is 7.42. The van der Waals surface area contributed by atoms with E-state index >= 15 is 0 Å². The molecule has 0 aromatic carbocycles. The van der Waals surface area contributed by atoms with Crippen LogP contribution < -0.4 is 5.32 Å². The van der Waals surface area contributed by atoms with Gasteiger partial charge in [-0.05, 0) is 31.2 Å². The summed E-state index contributed by atoms with van der Waals surface area (Å²) in [5.74, 6) is 0.696. The van der Waals surface area contributed by atoms with Gasteiger partial charge >= 0.3 is 0 Å². The second kappa shape index (κ2) is 9.07. The summed E-state index contributed by atoms with van der Waals surface area (Å²) in [7, 11) is 0. The molecule has 0 fully saturated rings. The van der Waals surface area contributed by atoms with E-state index in [1.54, 1.807) is 12.1 Å². The monoisotopic (exact) mass is 353 g/mol. The van der Waals surface area contributed by atoms with Crippen LogP contribution in [-0.4, -0.2) is 16.5 Å². The Labute approximate surface area is 143 Å². The largest absolute Gasteiger partial charge is 0.370 e. The van der Waals surface area contributed by atoms with Gasteiger partial charge in [-0.1, -0.05) is 34.8 Å². The van der Waals surface area contributed by atoms with Crippen molar-refractivity contribution in [2.75, 3.05) is 11.9 Å². The summed E-state index contributed by atoms with van der Waals surface area (Å²) in [4.78, 5) is 7.62. The van der Waals surface area contributed by atoms with Gasteiger partial charge in [0.15, 0.2) is 0 Å². The topological polar surface area (TPSA) is 85.4 Å². The highest BCUT2D eigenvalue weighted by molar-refractivity contribution is 6.33. The molecule has 0 atom stereocenters. The highest BCUT2D eigenvalue weighted by atomic mass is 35.5. The molecule has 0 spiro atoms. The first-order chi connectivity index (χ1) is 10.5. The summed E-state index contributed by atoms with van der Waals surface area (Å²) in [6.07, 6.45) is 0. The molecule has 0 amide bonds. The number of hydrogen-bond donors (Lipinski definition) is 1. The van der Waals surface area contributed by atoms with Crippen molar-refractivity contribution in [3.05, 3.63) is 50.9 Å². The molecule has 0 aliphatic carbocycles. The van der Waals surface area contributed by atoms with Crippen molar-refractivity contribution < 1.29 is 0 Å². The van der Waals surface area contributed by atoms with Gasteiger partial charge in [0, 0.05) is 6.54 Å². The Morgan fingerprint density at radius 3 is 1.95 bits per heavy atom. The fourth-order valence-electron chi connectivity index (χ4n) is 1.29. The summed E-state index contributed by atoms with van der Waals surface area (Å²) >= 11 is 16.7. The summed E-state index contributed by atoms with van der Waals surface area (Å²) in [5.41, 5.74) is 0.740. The van der Waals surface area contributed by atoms with Crippen molar-refractivity contribution in [2.24, 2.45) is 0 Å². The van der Waals surface area contributed by atoms with Crippen molar-refractivity contribution in [1.82, 2.24) is 9.97 Å². The zero-order valence-corrected chi connectivity index (χ0v) is 13.7. The molecule has 0 aliphatic heterocycles. The Morgan fingerprint density at radius 2 is 1.50 bits per heavy atom. The quantitative estimate of drug-likeness (QED) is 0.813. The Hall–Kier alpha value is -2.05. The molecule has 2 rings (SSSR count). The van der Waals surface area contributed by atoms with Gasteiger partial charge < -0.3 is 5.32 Å². The predicted molar refractivity (Wildman–Crippen MR) is 87.1 cm³/mol. The van der Waals surface area contributed by atoms with E-state index in [-0.39, 0.29) is 10.3 Å². The zero-order valence-electron chi connectivity index (χ0n) is 11.4. The van der Waals surface area contributed by atoms with Crippen LogP contribution in [0.2, 0.25) is 15.5 Å². The Balaban J connectivity index is 0.000000224. The third-order valence-electron chi connectivity index (χ3n) is 2.26. The normalized spacial score (nSPS) is 9.00. The van der Waals surface area contributed by atoms with E-state index in [0.29, 0.717) is 22.1 Å². The summed E-state index contributed by atoms with van der Waals surface area (Å²) in [6, 6.07) is 10.2. The van der Waals surface area contributed by atoms with Crippen LogP contribution in [0.5, 0.6) is 0 Å². The van der Waals surface area contributed by atoms with Gasteiger partial charge in [0.05, 0.1) is 11.1 Å². The molecule has 112 valence electrons. The van der Waals surface area contributed by atoms with Crippen molar-refractivity contribution in [2.45, 2.75) is 6.92 Å². The van der Waals surface area contributed by atoms with E-state index in [1.807, 2.05) is 19.1 Å². The minimum Gasteiger partial charge on any atom is -0.370 e. The fraction of sp³-hybridized carbons (Fsp3) is 0.143. The molecule has 1 N–H and O–H groups in total. The van der Waals surface area contributed by atoms with E-state index < -0.39 is 0 Å². The van der Waals surface area contributed by atoms with Gasteiger partial charge in [-0.15, -0.1) is 0 Å². The van der Waals surface area contributed by atoms with Crippen LogP contribution in [0.4, 0.5) is 5.82 Å². The first-order valence-electron chi connectivity index (χ1n) is 6.04. The molecule has 2 aromatic rings. The number of anilines is 1. The number of halogens is 3. The first-order valence-corrected chi connectivity index (χ1v) is 7.17. The maximum atomic E-state index is 8.54. The van der Waals surface area contributed by atoms with E-state index in [1.165, 1.54) is 12.1 Å². The van der Waals surface area contributed by atoms with E-state index in [0.717, 1.165) is 6.54 Å². The number of nitrogens with one attached hydrogen (secondary N) is 1. The Bertz CT molecular complexity index is 734. The van der Waals surface area contributed by atoms with Gasteiger partial charge in [0.1, 0.15) is 33.4 Å². The van der Waals surface area contributed by atoms with Crippen LogP contribution in [0.15, 0.2) is 24.3 Å². The molecule has 0 aliphatic rings. The van der Waals surface area contributed by atoms with Crippen molar-refractivity contribution >= 4 is 40.6 Å². The average molecular weight is 355 g/mol. The summed E-state index contributed by atoms with van der Waals surface area (Å²) in [5, 5.41) is 20.6. The smallest absolute Gasteiger partial charge is 0.149 e. The minimum absolute atomic E-state index is 0.148. The van der Waals surface area contributed by atoms with Crippen LogP contribution in [0, 0.1) is 22.7 Å². The number of rotatable bonds is 2. The standard InChI is InChI=1S/C8H8ClN3.C6H2Cl2N2/c1-2-11-7-4-3-6(5-10)8(9)12-7;7-5-2-1-4(3-9)6(8)10-5/h3-4H,2H2,1H3,(H,11,12);1-2H. The van der Waals surface area contributed by atoms with Crippen molar-refractivity contribution in [3.8, 4) is 12.1 Å². The number of pyridine rings is 2. The van der Waals surface area contributed by atoms with Gasteiger partial charge in [-0.3, -0.25) is 0 Å². The summed E-state index contributed by atoms with van der Waals surface area (Å²) < 4.78 is 0. The van der Waals surface area contributed by atoms with Gasteiger partial charge in [-0.2, -0.15) is 10.5 Å². The molecular weight excluding hydrogens is 345 g/mol. The van der Waals surface area contributed by atoms with E-state index in [9.17, 15) is 0 Å². The third kappa shape index (κ3) is 5.38. The number of nitrogens with zero attached hydrogens (tertiary/aromatic N) is 4. The molecule has 2 aromatic heterocycles. The van der Waals surface area contributed by atoms with E-state index in [4.69, 9.17) is 45.3 Å².